The number of hydrogen-bond donors (Lipinski definition) is 1. The minimum atomic E-state index is -0.763. The van der Waals surface area contributed by atoms with E-state index in [-0.39, 0.29) is 11.3 Å². The van der Waals surface area contributed by atoms with Crippen LogP contribution < -0.4 is 9.47 Å². The van der Waals surface area contributed by atoms with Gasteiger partial charge >= 0.3 is 0 Å². The molecule has 0 fully saturated rings. The van der Waals surface area contributed by atoms with E-state index in [2.05, 4.69) is 0 Å². The molecule has 0 bridgehead atoms. The van der Waals surface area contributed by atoms with Crippen LogP contribution in [0.1, 0.15) is 15.9 Å². The van der Waals surface area contributed by atoms with E-state index in [9.17, 15) is 14.3 Å². The molecule has 5 heteroatoms. The molecular weight excluding hydrogens is 287 g/mol. The quantitative estimate of drug-likeness (QED) is 0.679. The highest BCUT2D eigenvalue weighted by Gasteiger charge is 2.07. The van der Waals surface area contributed by atoms with Crippen molar-refractivity contribution in [3.63, 3.8) is 0 Å². The van der Waals surface area contributed by atoms with Crippen molar-refractivity contribution in [1.82, 2.24) is 0 Å². The van der Waals surface area contributed by atoms with Gasteiger partial charge in [0.05, 0.1) is 14.2 Å². The van der Waals surface area contributed by atoms with E-state index in [0.29, 0.717) is 11.5 Å². The predicted molar refractivity (Wildman–Crippen MR) is 81.0 cm³/mol. The normalized spacial score (nSPS) is 10.7. The second-order valence-corrected chi connectivity index (χ2v) is 4.48. The van der Waals surface area contributed by atoms with Crippen LogP contribution in [0, 0.1) is 5.82 Å². The molecule has 0 aliphatic heterocycles. The lowest BCUT2D eigenvalue weighted by Crippen LogP contribution is -1.95. The highest BCUT2D eigenvalue weighted by molar-refractivity contribution is 6.07. The highest BCUT2D eigenvalue weighted by atomic mass is 19.1. The second kappa shape index (κ2) is 6.76. The maximum Gasteiger partial charge on any atom is 0.185 e. The van der Waals surface area contributed by atoms with E-state index < -0.39 is 11.6 Å². The molecule has 2 aromatic rings. The van der Waals surface area contributed by atoms with E-state index in [1.165, 1.54) is 26.4 Å². The van der Waals surface area contributed by atoms with Crippen molar-refractivity contribution < 1.29 is 23.8 Å². The zero-order valence-electron chi connectivity index (χ0n) is 12.2. The first-order valence-electron chi connectivity index (χ1n) is 6.48. The molecule has 2 aromatic carbocycles. The van der Waals surface area contributed by atoms with Crippen LogP contribution in [0.2, 0.25) is 0 Å². The Labute approximate surface area is 127 Å². The highest BCUT2D eigenvalue weighted by Crippen LogP contribution is 2.28. The summed E-state index contributed by atoms with van der Waals surface area (Å²) in [7, 11) is 3.07. The van der Waals surface area contributed by atoms with Gasteiger partial charge in [-0.15, -0.1) is 0 Å². The Morgan fingerprint density at radius 1 is 1.09 bits per heavy atom. The maximum absolute atomic E-state index is 13.0. The fourth-order valence-corrected chi connectivity index (χ4v) is 1.89. The fraction of sp³-hybridized carbons (Fsp3) is 0.118. The molecule has 0 spiro atoms. The Balaban J connectivity index is 2.20. The van der Waals surface area contributed by atoms with Gasteiger partial charge in [0.1, 0.15) is 0 Å². The van der Waals surface area contributed by atoms with Gasteiger partial charge in [-0.25, -0.2) is 4.39 Å². The van der Waals surface area contributed by atoms with Gasteiger partial charge < -0.3 is 14.6 Å². The van der Waals surface area contributed by atoms with E-state index >= 15 is 0 Å². The molecule has 0 saturated carbocycles. The minimum Gasteiger partial charge on any atom is -0.505 e. The Bertz CT molecular complexity index is 723. The molecule has 0 aliphatic carbocycles. The predicted octanol–water partition coefficient (Wildman–Crippen LogP) is 3.44. The molecule has 2 rings (SSSR count). The number of halogens is 1. The van der Waals surface area contributed by atoms with Crippen LogP contribution in [-0.4, -0.2) is 25.1 Å². The standard InChI is InChI=1S/C17H15FO4/c1-21-16-8-4-11(9-17(16)22-2)3-7-14(19)12-5-6-13(18)15(20)10-12/h3-10,20H,1-2H3/b7-3+. The average Bonchev–Trinajstić information content (AvgIpc) is 2.54. The average molecular weight is 302 g/mol. The number of phenolic OH excluding ortho intramolecular Hbond substituents is 1. The number of hydrogen-bond acceptors (Lipinski definition) is 4. The SMILES string of the molecule is COc1ccc(/C=C/C(=O)c2ccc(F)c(O)c2)cc1OC. The summed E-state index contributed by atoms with van der Waals surface area (Å²) in [5.74, 6) is -0.512. The first kappa shape index (κ1) is 15.6. The van der Waals surface area contributed by atoms with E-state index in [1.54, 1.807) is 24.3 Å². The number of ketones is 1. The Kier molecular flexibility index (Phi) is 4.78. The largest absolute Gasteiger partial charge is 0.505 e. The summed E-state index contributed by atoms with van der Waals surface area (Å²) in [5, 5.41) is 9.28. The lowest BCUT2D eigenvalue weighted by atomic mass is 10.1. The summed E-state index contributed by atoms with van der Waals surface area (Å²) in [4.78, 5) is 12.0. The maximum atomic E-state index is 13.0. The molecule has 114 valence electrons. The first-order valence-corrected chi connectivity index (χ1v) is 6.48. The smallest absolute Gasteiger partial charge is 0.185 e. The number of benzene rings is 2. The molecule has 0 amide bonds. The third kappa shape index (κ3) is 3.44. The second-order valence-electron chi connectivity index (χ2n) is 4.48. The van der Waals surface area contributed by atoms with Crippen molar-refractivity contribution in [3.05, 3.63) is 59.4 Å². The van der Waals surface area contributed by atoms with Crippen molar-refractivity contribution in [2.45, 2.75) is 0 Å². The number of carbonyl (C=O) groups excluding carboxylic acids is 1. The molecular formula is C17H15FO4. The Morgan fingerprint density at radius 3 is 2.45 bits per heavy atom. The van der Waals surface area contributed by atoms with Gasteiger partial charge in [-0.2, -0.15) is 0 Å². The fourth-order valence-electron chi connectivity index (χ4n) is 1.89. The van der Waals surface area contributed by atoms with Crippen molar-refractivity contribution in [3.8, 4) is 17.2 Å². The van der Waals surface area contributed by atoms with Crippen LogP contribution in [-0.2, 0) is 0 Å². The van der Waals surface area contributed by atoms with Gasteiger partial charge in [-0.1, -0.05) is 12.1 Å². The number of allylic oxidation sites excluding steroid dienone is 1. The molecule has 4 nitrogen and oxygen atoms in total. The number of phenols is 1. The van der Waals surface area contributed by atoms with E-state index in [1.807, 2.05) is 0 Å². The van der Waals surface area contributed by atoms with Crippen molar-refractivity contribution in [2.24, 2.45) is 0 Å². The van der Waals surface area contributed by atoms with E-state index in [4.69, 9.17) is 9.47 Å². The summed E-state index contributed by atoms with van der Waals surface area (Å²) in [5.41, 5.74) is 0.952. The lowest BCUT2D eigenvalue weighted by molar-refractivity contribution is 0.104. The van der Waals surface area contributed by atoms with Crippen LogP contribution in [0.25, 0.3) is 6.08 Å². The van der Waals surface area contributed by atoms with Gasteiger partial charge in [-0.3, -0.25) is 4.79 Å². The number of carbonyl (C=O) groups is 1. The van der Waals surface area contributed by atoms with Crippen molar-refractivity contribution in [1.29, 1.82) is 0 Å². The van der Waals surface area contributed by atoms with Crippen LogP contribution in [0.3, 0.4) is 0 Å². The number of ether oxygens (including phenoxy) is 2. The Hall–Kier alpha value is -2.82. The summed E-state index contributed by atoms with van der Waals surface area (Å²) < 4.78 is 23.3. The first-order chi connectivity index (χ1) is 10.5. The molecule has 1 N–H and O–H groups in total. The molecule has 0 unspecified atom stereocenters. The zero-order valence-corrected chi connectivity index (χ0v) is 12.2. The molecule has 22 heavy (non-hydrogen) atoms. The molecule has 0 heterocycles. The van der Waals surface area contributed by atoms with Gasteiger partial charge in [0.2, 0.25) is 0 Å². The molecule has 0 atom stereocenters. The molecule has 0 aromatic heterocycles. The van der Waals surface area contributed by atoms with E-state index in [0.717, 1.165) is 17.7 Å². The number of aromatic hydroxyl groups is 1. The Morgan fingerprint density at radius 2 is 1.82 bits per heavy atom. The summed E-state index contributed by atoms with van der Waals surface area (Å²) in [6.07, 6.45) is 2.94. The van der Waals surface area contributed by atoms with Gasteiger partial charge in [0, 0.05) is 5.56 Å². The van der Waals surface area contributed by atoms with Crippen LogP contribution in [0.15, 0.2) is 42.5 Å². The van der Waals surface area contributed by atoms with Gasteiger partial charge in [-0.05, 0) is 42.0 Å². The van der Waals surface area contributed by atoms with Crippen molar-refractivity contribution in [2.75, 3.05) is 14.2 Å². The van der Waals surface area contributed by atoms with Gasteiger partial charge in [0.15, 0.2) is 28.8 Å². The zero-order chi connectivity index (χ0) is 16.1. The molecule has 0 radical (unpaired) electrons. The van der Waals surface area contributed by atoms with Gasteiger partial charge in [0.25, 0.3) is 0 Å². The van der Waals surface area contributed by atoms with Crippen LogP contribution in [0.4, 0.5) is 4.39 Å². The van der Waals surface area contributed by atoms with Crippen LogP contribution >= 0.6 is 0 Å². The summed E-state index contributed by atoms with van der Waals surface area (Å²) in [6, 6.07) is 8.68. The molecule has 0 aliphatic rings. The number of methoxy groups -OCH3 is 2. The summed E-state index contributed by atoms with van der Waals surface area (Å²) in [6.45, 7) is 0. The lowest BCUT2D eigenvalue weighted by Gasteiger charge is -2.07. The molecule has 0 saturated heterocycles. The van der Waals surface area contributed by atoms with Crippen LogP contribution in [0.5, 0.6) is 17.2 Å². The van der Waals surface area contributed by atoms with Crippen molar-refractivity contribution >= 4 is 11.9 Å². The third-order valence-electron chi connectivity index (χ3n) is 3.07. The number of rotatable bonds is 5. The third-order valence-corrected chi connectivity index (χ3v) is 3.07. The minimum absolute atomic E-state index is 0.204. The topological polar surface area (TPSA) is 55.8 Å². The summed E-state index contributed by atoms with van der Waals surface area (Å²) >= 11 is 0. The monoisotopic (exact) mass is 302 g/mol.